The number of benzene rings is 2. The number of carbonyl (C=O) groups excluding carboxylic acids is 1. The summed E-state index contributed by atoms with van der Waals surface area (Å²) in [6, 6.07) is 17.6. The van der Waals surface area contributed by atoms with Crippen molar-refractivity contribution in [1.82, 2.24) is 4.57 Å². The lowest BCUT2D eigenvalue weighted by atomic mass is 10.2. The maximum absolute atomic E-state index is 12.0. The van der Waals surface area contributed by atoms with E-state index in [4.69, 9.17) is 4.74 Å². The van der Waals surface area contributed by atoms with Gasteiger partial charge in [-0.3, -0.25) is 4.79 Å². The lowest BCUT2D eigenvalue weighted by Crippen LogP contribution is -2.12. The SMILES string of the molecule is [CH2]c1cn(CC(=O)OCc2ccccc2)c2ccccc12. The summed E-state index contributed by atoms with van der Waals surface area (Å²) in [5, 5.41) is 1.06. The van der Waals surface area contributed by atoms with Crippen molar-refractivity contribution in [2.75, 3.05) is 0 Å². The second kappa shape index (κ2) is 5.83. The molecule has 3 heteroatoms. The van der Waals surface area contributed by atoms with Crippen molar-refractivity contribution in [2.45, 2.75) is 13.2 Å². The molecule has 3 rings (SSSR count). The molecule has 0 spiro atoms. The van der Waals surface area contributed by atoms with Crippen molar-refractivity contribution in [2.24, 2.45) is 0 Å². The van der Waals surface area contributed by atoms with Crippen LogP contribution >= 0.6 is 0 Å². The van der Waals surface area contributed by atoms with E-state index in [0.717, 1.165) is 22.0 Å². The van der Waals surface area contributed by atoms with Crippen LogP contribution in [0.3, 0.4) is 0 Å². The smallest absolute Gasteiger partial charge is 0.326 e. The standard InChI is InChI=1S/C18H16NO2/c1-14-11-19(17-10-6-5-9-16(14)17)12-18(20)21-13-15-7-3-2-4-8-15/h2-11H,1,12-13H2. The van der Waals surface area contributed by atoms with Gasteiger partial charge >= 0.3 is 5.97 Å². The fourth-order valence-electron chi connectivity index (χ4n) is 2.38. The lowest BCUT2D eigenvalue weighted by Gasteiger charge is -2.07. The van der Waals surface area contributed by atoms with Crippen molar-refractivity contribution in [1.29, 1.82) is 0 Å². The number of aromatic nitrogens is 1. The number of carbonyl (C=O) groups is 1. The summed E-state index contributed by atoms with van der Waals surface area (Å²) in [6.07, 6.45) is 1.88. The first-order valence-electron chi connectivity index (χ1n) is 6.83. The minimum Gasteiger partial charge on any atom is -0.459 e. The normalized spacial score (nSPS) is 10.7. The Morgan fingerprint density at radius 2 is 1.76 bits per heavy atom. The average molecular weight is 278 g/mol. The van der Waals surface area contributed by atoms with Crippen LogP contribution in [0.15, 0.2) is 60.8 Å². The maximum Gasteiger partial charge on any atom is 0.326 e. The molecule has 1 heterocycles. The molecule has 0 bridgehead atoms. The third-order valence-electron chi connectivity index (χ3n) is 3.41. The minimum absolute atomic E-state index is 0.197. The topological polar surface area (TPSA) is 31.2 Å². The molecule has 0 unspecified atom stereocenters. The van der Waals surface area contributed by atoms with E-state index in [-0.39, 0.29) is 12.5 Å². The van der Waals surface area contributed by atoms with Crippen molar-refractivity contribution < 1.29 is 9.53 Å². The number of esters is 1. The first kappa shape index (κ1) is 13.4. The van der Waals surface area contributed by atoms with Gasteiger partial charge in [-0.05, 0) is 24.1 Å². The molecule has 0 amide bonds. The molecule has 1 aromatic heterocycles. The van der Waals surface area contributed by atoms with Gasteiger partial charge in [0.25, 0.3) is 0 Å². The highest BCUT2D eigenvalue weighted by Gasteiger charge is 2.09. The fourth-order valence-corrected chi connectivity index (χ4v) is 2.38. The lowest BCUT2D eigenvalue weighted by molar-refractivity contribution is -0.145. The summed E-state index contributed by atoms with van der Waals surface area (Å²) in [7, 11) is 0. The highest BCUT2D eigenvalue weighted by Crippen LogP contribution is 2.20. The van der Waals surface area contributed by atoms with Crippen LogP contribution in [0.2, 0.25) is 0 Å². The van der Waals surface area contributed by atoms with Crippen LogP contribution in [0.5, 0.6) is 0 Å². The Kier molecular flexibility index (Phi) is 3.73. The number of fused-ring (bicyclic) bond motifs is 1. The molecule has 0 aliphatic heterocycles. The molecule has 0 fully saturated rings. The third kappa shape index (κ3) is 2.97. The molecule has 1 radical (unpaired) electrons. The molecule has 3 aromatic rings. The van der Waals surface area contributed by atoms with E-state index in [2.05, 4.69) is 6.92 Å². The molecule has 0 N–H and O–H groups in total. The van der Waals surface area contributed by atoms with Crippen LogP contribution in [0.1, 0.15) is 11.1 Å². The fraction of sp³-hybridized carbons (Fsp3) is 0.111. The van der Waals surface area contributed by atoms with Gasteiger partial charge in [-0.25, -0.2) is 0 Å². The molecule has 0 saturated carbocycles. The van der Waals surface area contributed by atoms with Gasteiger partial charge in [0.1, 0.15) is 13.2 Å². The van der Waals surface area contributed by atoms with Crippen LogP contribution in [-0.2, 0) is 22.7 Å². The Bertz CT molecular complexity index is 759. The van der Waals surface area contributed by atoms with E-state index < -0.39 is 0 Å². The Morgan fingerprint density at radius 1 is 1.05 bits per heavy atom. The summed E-state index contributed by atoms with van der Waals surface area (Å²) in [5.74, 6) is -0.250. The summed E-state index contributed by atoms with van der Waals surface area (Å²) < 4.78 is 7.19. The molecule has 3 nitrogen and oxygen atoms in total. The zero-order chi connectivity index (χ0) is 14.7. The number of para-hydroxylation sites is 1. The summed E-state index contributed by atoms with van der Waals surface area (Å²) in [6.45, 7) is 4.50. The number of nitrogens with zero attached hydrogens (tertiary/aromatic N) is 1. The van der Waals surface area contributed by atoms with E-state index in [1.807, 2.05) is 65.4 Å². The first-order chi connectivity index (χ1) is 10.2. The van der Waals surface area contributed by atoms with E-state index in [1.54, 1.807) is 0 Å². The Labute approximate surface area is 123 Å². The molecular weight excluding hydrogens is 262 g/mol. The average Bonchev–Trinajstić information content (AvgIpc) is 2.83. The maximum atomic E-state index is 12.0. The summed E-state index contributed by atoms with van der Waals surface area (Å²) in [4.78, 5) is 12.0. The second-order valence-electron chi connectivity index (χ2n) is 4.95. The molecule has 0 saturated heterocycles. The van der Waals surface area contributed by atoms with E-state index in [0.29, 0.717) is 6.61 Å². The third-order valence-corrected chi connectivity index (χ3v) is 3.41. The van der Waals surface area contributed by atoms with E-state index in [9.17, 15) is 4.79 Å². The highest BCUT2D eigenvalue weighted by molar-refractivity contribution is 5.85. The van der Waals surface area contributed by atoms with Crippen LogP contribution in [0, 0.1) is 6.92 Å². The summed E-state index contributed by atoms with van der Waals surface area (Å²) >= 11 is 0. The van der Waals surface area contributed by atoms with Gasteiger partial charge in [-0.2, -0.15) is 0 Å². The molecule has 0 aliphatic rings. The predicted molar refractivity (Wildman–Crippen MR) is 82.6 cm³/mol. The van der Waals surface area contributed by atoms with E-state index in [1.165, 1.54) is 0 Å². The van der Waals surface area contributed by atoms with Crippen LogP contribution < -0.4 is 0 Å². The second-order valence-corrected chi connectivity index (χ2v) is 4.95. The van der Waals surface area contributed by atoms with Gasteiger partial charge in [-0.1, -0.05) is 48.5 Å². The summed E-state index contributed by atoms with van der Waals surface area (Å²) in [5.41, 5.74) is 2.90. The zero-order valence-corrected chi connectivity index (χ0v) is 11.7. The first-order valence-corrected chi connectivity index (χ1v) is 6.83. The number of hydrogen-bond donors (Lipinski definition) is 0. The van der Waals surface area contributed by atoms with Gasteiger partial charge < -0.3 is 9.30 Å². The molecule has 105 valence electrons. The van der Waals surface area contributed by atoms with Gasteiger partial charge in [0, 0.05) is 17.1 Å². The van der Waals surface area contributed by atoms with Crippen LogP contribution in [0.25, 0.3) is 10.9 Å². The van der Waals surface area contributed by atoms with Crippen molar-refractivity contribution in [3.05, 3.63) is 78.8 Å². The Hall–Kier alpha value is -2.55. The van der Waals surface area contributed by atoms with Crippen LogP contribution in [0.4, 0.5) is 0 Å². The van der Waals surface area contributed by atoms with Crippen molar-refractivity contribution >= 4 is 16.9 Å². The van der Waals surface area contributed by atoms with E-state index >= 15 is 0 Å². The monoisotopic (exact) mass is 278 g/mol. The van der Waals surface area contributed by atoms with Gasteiger partial charge in [0.15, 0.2) is 0 Å². The molecule has 2 aromatic carbocycles. The largest absolute Gasteiger partial charge is 0.459 e. The number of ether oxygens (including phenoxy) is 1. The van der Waals surface area contributed by atoms with Crippen molar-refractivity contribution in [3.8, 4) is 0 Å². The molecular formula is C18H16NO2. The molecule has 21 heavy (non-hydrogen) atoms. The Morgan fingerprint density at radius 3 is 2.57 bits per heavy atom. The van der Waals surface area contributed by atoms with Gasteiger partial charge in [-0.15, -0.1) is 0 Å². The zero-order valence-electron chi connectivity index (χ0n) is 11.7. The quantitative estimate of drug-likeness (QED) is 0.683. The van der Waals surface area contributed by atoms with Crippen LogP contribution in [-0.4, -0.2) is 10.5 Å². The molecule has 0 atom stereocenters. The number of hydrogen-bond acceptors (Lipinski definition) is 2. The highest BCUT2D eigenvalue weighted by atomic mass is 16.5. The minimum atomic E-state index is -0.250. The van der Waals surface area contributed by atoms with Gasteiger partial charge in [0.05, 0.1) is 0 Å². The van der Waals surface area contributed by atoms with Gasteiger partial charge in [0.2, 0.25) is 0 Å². The Balaban J connectivity index is 1.69. The molecule has 0 aliphatic carbocycles. The predicted octanol–water partition coefficient (Wildman–Crippen LogP) is 3.57. The number of rotatable bonds is 4. The van der Waals surface area contributed by atoms with Crippen molar-refractivity contribution in [3.63, 3.8) is 0 Å².